The van der Waals surface area contributed by atoms with Gasteiger partial charge in [-0.05, 0) is 45.4 Å². The van der Waals surface area contributed by atoms with Crippen molar-refractivity contribution < 1.29 is 9.53 Å². The maximum Gasteiger partial charge on any atom is 0.223 e. The summed E-state index contributed by atoms with van der Waals surface area (Å²) in [6.45, 7) is 9.13. The molecule has 0 saturated carbocycles. The van der Waals surface area contributed by atoms with E-state index in [1.807, 2.05) is 13.8 Å². The van der Waals surface area contributed by atoms with E-state index in [-0.39, 0.29) is 29.5 Å². The summed E-state index contributed by atoms with van der Waals surface area (Å²) >= 11 is 0. The Labute approximate surface area is 130 Å². The smallest absolute Gasteiger partial charge is 0.223 e. The van der Waals surface area contributed by atoms with E-state index in [9.17, 15) is 4.79 Å². The van der Waals surface area contributed by atoms with Crippen LogP contribution in [0.4, 0.5) is 0 Å². The summed E-state index contributed by atoms with van der Waals surface area (Å²) < 4.78 is 5.96. The minimum absolute atomic E-state index is 0.0333. The van der Waals surface area contributed by atoms with Gasteiger partial charge in [0.05, 0.1) is 5.60 Å². The van der Waals surface area contributed by atoms with Crippen LogP contribution in [0.15, 0.2) is 0 Å². The third-order valence-electron chi connectivity index (χ3n) is 4.87. The van der Waals surface area contributed by atoms with Crippen LogP contribution < -0.4 is 11.1 Å². The summed E-state index contributed by atoms with van der Waals surface area (Å²) in [7, 11) is 0. The highest BCUT2D eigenvalue weighted by atomic mass is 16.5. The van der Waals surface area contributed by atoms with Crippen LogP contribution in [-0.4, -0.2) is 30.2 Å². The van der Waals surface area contributed by atoms with E-state index < -0.39 is 0 Å². The predicted octanol–water partition coefficient (Wildman–Crippen LogP) is 2.99. The van der Waals surface area contributed by atoms with Crippen molar-refractivity contribution in [3.63, 3.8) is 0 Å². The first kappa shape index (κ1) is 18.4. The second-order valence-electron chi connectivity index (χ2n) is 6.75. The number of nitrogens with one attached hydrogen (secondary N) is 1. The van der Waals surface area contributed by atoms with Crippen LogP contribution >= 0.6 is 0 Å². The number of nitrogens with two attached hydrogens (primary N) is 1. The Morgan fingerprint density at radius 2 is 2.00 bits per heavy atom. The molecule has 4 nitrogen and oxygen atoms in total. The second-order valence-corrected chi connectivity index (χ2v) is 6.75. The summed E-state index contributed by atoms with van der Waals surface area (Å²) in [6.07, 6.45) is 6.83. The van der Waals surface area contributed by atoms with Gasteiger partial charge in [-0.15, -0.1) is 0 Å². The number of carbonyl (C=O) groups excluding carboxylic acids is 1. The molecule has 0 bridgehead atoms. The Balaban J connectivity index is 2.39. The third-order valence-corrected chi connectivity index (χ3v) is 4.87. The topological polar surface area (TPSA) is 64.4 Å². The lowest BCUT2D eigenvalue weighted by Crippen LogP contribution is -2.49. The molecule has 1 aliphatic heterocycles. The zero-order valence-electron chi connectivity index (χ0n) is 14.3. The van der Waals surface area contributed by atoms with Gasteiger partial charge in [0.15, 0.2) is 0 Å². The van der Waals surface area contributed by atoms with Gasteiger partial charge in [0.25, 0.3) is 0 Å². The standard InChI is InChI=1S/C17H34N2O2/c1-5-17(6-2)12-15(10-11-21-17)19-16(20)13(3)8-7-9-14(4)18/h13-15H,5-12,18H2,1-4H3,(H,19,20). The number of ether oxygens (including phenoxy) is 1. The highest BCUT2D eigenvalue weighted by Gasteiger charge is 2.35. The van der Waals surface area contributed by atoms with Crippen LogP contribution in [0, 0.1) is 5.92 Å². The molecule has 21 heavy (non-hydrogen) atoms. The van der Waals surface area contributed by atoms with Crippen LogP contribution in [0.25, 0.3) is 0 Å². The van der Waals surface area contributed by atoms with E-state index in [2.05, 4.69) is 19.2 Å². The summed E-state index contributed by atoms with van der Waals surface area (Å²) in [4.78, 5) is 12.3. The summed E-state index contributed by atoms with van der Waals surface area (Å²) in [5.74, 6) is 0.261. The van der Waals surface area contributed by atoms with E-state index in [1.165, 1.54) is 0 Å². The lowest BCUT2D eigenvalue weighted by molar-refractivity contribution is -0.129. The van der Waals surface area contributed by atoms with Crippen molar-refractivity contribution >= 4 is 5.91 Å². The van der Waals surface area contributed by atoms with Gasteiger partial charge in [-0.3, -0.25) is 4.79 Å². The molecule has 0 aliphatic carbocycles. The molecule has 1 heterocycles. The molecule has 0 aromatic carbocycles. The highest BCUT2D eigenvalue weighted by Crippen LogP contribution is 2.31. The molecule has 0 spiro atoms. The average Bonchev–Trinajstić information content (AvgIpc) is 2.46. The Hall–Kier alpha value is -0.610. The number of carbonyl (C=O) groups is 1. The van der Waals surface area contributed by atoms with Crippen LogP contribution in [0.3, 0.4) is 0 Å². The van der Waals surface area contributed by atoms with E-state index in [0.29, 0.717) is 0 Å². The fourth-order valence-electron chi connectivity index (χ4n) is 3.11. The Bertz CT molecular complexity index is 314. The normalized spacial score (nSPS) is 24.3. The van der Waals surface area contributed by atoms with Crippen molar-refractivity contribution in [1.29, 1.82) is 0 Å². The zero-order valence-corrected chi connectivity index (χ0v) is 14.3. The molecule has 1 rings (SSSR count). The molecule has 0 aromatic heterocycles. The molecule has 124 valence electrons. The van der Waals surface area contributed by atoms with Crippen LogP contribution in [0.2, 0.25) is 0 Å². The van der Waals surface area contributed by atoms with Crippen molar-refractivity contribution in [2.45, 2.75) is 90.3 Å². The minimum atomic E-state index is -0.0333. The van der Waals surface area contributed by atoms with Crippen LogP contribution in [-0.2, 0) is 9.53 Å². The maximum atomic E-state index is 12.3. The largest absolute Gasteiger partial charge is 0.375 e. The van der Waals surface area contributed by atoms with E-state index in [0.717, 1.165) is 51.6 Å². The molecule has 1 fully saturated rings. The lowest BCUT2D eigenvalue weighted by Gasteiger charge is -2.40. The predicted molar refractivity (Wildman–Crippen MR) is 87.1 cm³/mol. The number of hydrogen-bond donors (Lipinski definition) is 2. The van der Waals surface area contributed by atoms with Crippen molar-refractivity contribution in [1.82, 2.24) is 5.32 Å². The van der Waals surface area contributed by atoms with Crippen molar-refractivity contribution in [3.05, 3.63) is 0 Å². The van der Waals surface area contributed by atoms with Gasteiger partial charge in [0.2, 0.25) is 5.91 Å². The van der Waals surface area contributed by atoms with Gasteiger partial charge in [-0.2, -0.15) is 0 Å². The monoisotopic (exact) mass is 298 g/mol. The number of hydrogen-bond acceptors (Lipinski definition) is 3. The Kier molecular flexibility index (Phi) is 7.67. The molecular weight excluding hydrogens is 264 g/mol. The van der Waals surface area contributed by atoms with Gasteiger partial charge in [-0.25, -0.2) is 0 Å². The summed E-state index contributed by atoms with van der Waals surface area (Å²) in [5, 5.41) is 3.23. The van der Waals surface area contributed by atoms with Gasteiger partial charge in [0.1, 0.15) is 0 Å². The minimum Gasteiger partial charge on any atom is -0.375 e. The quantitative estimate of drug-likeness (QED) is 0.724. The first-order valence-corrected chi connectivity index (χ1v) is 8.62. The Morgan fingerprint density at radius 3 is 2.57 bits per heavy atom. The van der Waals surface area contributed by atoms with Gasteiger partial charge < -0.3 is 15.8 Å². The van der Waals surface area contributed by atoms with Crippen LogP contribution in [0.5, 0.6) is 0 Å². The van der Waals surface area contributed by atoms with E-state index in [1.54, 1.807) is 0 Å². The molecule has 3 unspecified atom stereocenters. The Morgan fingerprint density at radius 1 is 1.33 bits per heavy atom. The molecule has 3 N–H and O–H groups in total. The third kappa shape index (κ3) is 5.95. The highest BCUT2D eigenvalue weighted by molar-refractivity contribution is 5.78. The first-order chi connectivity index (χ1) is 9.92. The SMILES string of the molecule is CCC1(CC)CC(NC(=O)C(C)CCCC(C)N)CCO1. The lowest BCUT2D eigenvalue weighted by atomic mass is 9.85. The van der Waals surface area contributed by atoms with Crippen LogP contribution in [0.1, 0.15) is 72.6 Å². The molecule has 4 heteroatoms. The molecular formula is C17H34N2O2. The number of amides is 1. The van der Waals surface area contributed by atoms with Gasteiger partial charge in [-0.1, -0.05) is 27.2 Å². The molecule has 1 amide bonds. The van der Waals surface area contributed by atoms with E-state index in [4.69, 9.17) is 10.5 Å². The average molecular weight is 298 g/mol. The summed E-state index contributed by atoms with van der Waals surface area (Å²) in [5.41, 5.74) is 5.72. The number of rotatable bonds is 8. The molecule has 1 aliphatic rings. The second kappa shape index (κ2) is 8.74. The molecule has 1 saturated heterocycles. The van der Waals surface area contributed by atoms with Gasteiger partial charge in [0, 0.05) is 24.6 Å². The zero-order chi connectivity index (χ0) is 15.9. The van der Waals surface area contributed by atoms with Crippen molar-refractivity contribution in [3.8, 4) is 0 Å². The van der Waals surface area contributed by atoms with Gasteiger partial charge >= 0.3 is 0 Å². The summed E-state index contributed by atoms with van der Waals surface area (Å²) in [6, 6.07) is 0.493. The van der Waals surface area contributed by atoms with Crippen molar-refractivity contribution in [2.24, 2.45) is 11.7 Å². The molecule has 0 radical (unpaired) electrons. The fraction of sp³-hybridized carbons (Fsp3) is 0.941. The molecule has 3 atom stereocenters. The van der Waals surface area contributed by atoms with Crippen molar-refractivity contribution in [2.75, 3.05) is 6.61 Å². The van der Waals surface area contributed by atoms with E-state index >= 15 is 0 Å². The molecule has 0 aromatic rings. The first-order valence-electron chi connectivity index (χ1n) is 8.62. The maximum absolute atomic E-state index is 12.3. The fourth-order valence-corrected chi connectivity index (χ4v) is 3.11.